The number of carbonyl (C=O) groups is 1. The average Bonchev–Trinajstić information content (AvgIpc) is 2.99. The van der Waals surface area contributed by atoms with Crippen molar-refractivity contribution < 1.29 is 14.6 Å². The van der Waals surface area contributed by atoms with Crippen LogP contribution in [0.4, 0.5) is 5.69 Å². The van der Waals surface area contributed by atoms with Crippen LogP contribution in [0.2, 0.25) is 0 Å². The summed E-state index contributed by atoms with van der Waals surface area (Å²) in [6.07, 6.45) is 2.28. The van der Waals surface area contributed by atoms with Gasteiger partial charge in [-0.3, -0.25) is 14.9 Å². The van der Waals surface area contributed by atoms with Gasteiger partial charge in [-0.2, -0.15) is 5.10 Å². The average molecular weight is 315 g/mol. The summed E-state index contributed by atoms with van der Waals surface area (Å²) >= 11 is 0. The number of nitro groups is 1. The van der Waals surface area contributed by atoms with Crippen molar-refractivity contribution in [3.8, 4) is 0 Å². The number of rotatable bonds is 2. The largest absolute Gasteiger partial charge is 0.326 e. The third kappa shape index (κ3) is 2.15. The number of quaternary nitrogens is 1. The molecule has 7 heteroatoms. The Labute approximate surface area is 133 Å². The van der Waals surface area contributed by atoms with Gasteiger partial charge in [-0.05, 0) is 17.7 Å². The van der Waals surface area contributed by atoms with Crippen molar-refractivity contribution in [2.45, 2.75) is 31.8 Å². The molecule has 1 N–H and O–H groups in total. The van der Waals surface area contributed by atoms with Crippen molar-refractivity contribution in [2.75, 3.05) is 13.1 Å². The number of fused-ring (bicyclic) bond motifs is 2. The topological polar surface area (TPSA) is 80.2 Å². The van der Waals surface area contributed by atoms with Gasteiger partial charge in [0.15, 0.2) is 6.04 Å². The highest BCUT2D eigenvalue weighted by Gasteiger charge is 2.53. The summed E-state index contributed by atoms with van der Waals surface area (Å²) < 4.78 is 0. The normalized spacial score (nSPS) is 31.7. The zero-order chi connectivity index (χ0) is 16.1. The fourth-order valence-corrected chi connectivity index (χ4v) is 4.31. The van der Waals surface area contributed by atoms with Gasteiger partial charge in [-0.15, -0.1) is 0 Å². The van der Waals surface area contributed by atoms with Gasteiger partial charge in [0.05, 0.1) is 18.0 Å². The SMILES string of the molecule is CC(=O)N1N=C2C3CC[NH+](CC3)[C@@H]2[C@H]1c1ccc([N+](=O)[O-])cc1. The summed E-state index contributed by atoms with van der Waals surface area (Å²) in [5.41, 5.74) is 2.14. The van der Waals surface area contributed by atoms with Crippen molar-refractivity contribution in [1.29, 1.82) is 0 Å². The molecule has 4 heterocycles. The van der Waals surface area contributed by atoms with E-state index in [-0.39, 0.29) is 23.7 Å². The lowest BCUT2D eigenvalue weighted by Gasteiger charge is -2.42. The molecule has 2 bridgehead atoms. The molecule has 5 rings (SSSR count). The van der Waals surface area contributed by atoms with Gasteiger partial charge >= 0.3 is 0 Å². The first-order valence-electron chi connectivity index (χ1n) is 8.03. The fourth-order valence-electron chi connectivity index (χ4n) is 4.31. The van der Waals surface area contributed by atoms with E-state index in [1.807, 2.05) is 0 Å². The van der Waals surface area contributed by atoms with Gasteiger partial charge in [0.25, 0.3) is 5.69 Å². The van der Waals surface area contributed by atoms with Crippen LogP contribution in [-0.2, 0) is 4.79 Å². The molecule has 3 fully saturated rings. The van der Waals surface area contributed by atoms with E-state index in [9.17, 15) is 14.9 Å². The molecule has 1 aromatic carbocycles. The highest BCUT2D eigenvalue weighted by molar-refractivity contribution is 5.95. The van der Waals surface area contributed by atoms with Crippen molar-refractivity contribution in [1.82, 2.24) is 5.01 Å². The van der Waals surface area contributed by atoms with Crippen LogP contribution in [0, 0.1) is 16.0 Å². The summed E-state index contributed by atoms with van der Waals surface area (Å²) in [5.74, 6) is 0.414. The molecule has 23 heavy (non-hydrogen) atoms. The first-order valence-corrected chi connectivity index (χ1v) is 8.03. The molecule has 120 valence electrons. The number of nitrogens with zero attached hydrogens (tertiary/aromatic N) is 3. The highest BCUT2D eigenvalue weighted by atomic mass is 16.6. The Morgan fingerprint density at radius 2 is 1.96 bits per heavy atom. The van der Waals surface area contributed by atoms with Crippen LogP contribution >= 0.6 is 0 Å². The second-order valence-electron chi connectivity index (χ2n) is 6.59. The van der Waals surface area contributed by atoms with Gasteiger partial charge in [-0.25, -0.2) is 5.01 Å². The Morgan fingerprint density at radius 3 is 2.52 bits per heavy atom. The first kappa shape index (κ1) is 14.3. The van der Waals surface area contributed by atoms with Crippen molar-refractivity contribution >= 4 is 17.3 Å². The standard InChI is InChI=1S/C16H18N4O3/c1-10(21)19-15(12-2-4-13(5-3-12)20(22)23)16-14(17-19)11-6-8-18(16)9-7-11/h2-5,11,15-16H,6-9H2,1H3/p+1/t15-,16+/m1/s1. The molecule has 0 unspecified atom stereocenters. The van der Waals surface area contributed by atoms with Crippen LogP contribution in [0.15, 0.2) is 29.4 Å². The molecule has 0 spiro atoms. The van der Waals surface area contributed by atoms with E-state index in [4.69, 9.17) is 0 Å². The zero-order valence-electron chi connectivity index (χ0n) is 12.9. The van der Waals surface area contributed by atoms with Crippen LogP contribution in [0.1, 0.15) is 31.4 Å². The Morgan fingerprint density at radius 1 is 1.30 bits per heavy atom. The molecule has 2 atom stereocenters. The predicted octanol–water partition coefficient (Wildman–Crippen LogP) is 0.531. The molecule has 4 aliphatic rings. The first-order chi connectivity index (χ1) is 11.1. The minimum atomic E-state index is -0.402. The third-order valence-electron chi connectivity index (χ3n) is 5.38. The van der Waals surface area contributed by atoms with E-state index in [1.165, 1.54) is 24.0 Å². The maximum absolute atomic E-state index is 12.1. The molecule has 3 saturated heterocycles. The van der Waals surface area contributed by atoms with Gasteiger partial charge < -0.3 is 4.90 Å². The molecule has 0 aliphatic carbocycles. The second kappa shape index (κ2) is 5.13. The van der Waals surface area contributed by atoms with Gasteiger partial charge in [-0.1, -0.05) is 0 Å². The molecule has 1 aromatic rings. The molecule has 0 saturated carbocycles. The predicted molar refractivity (Wildman–Crippen MR) is 83.0 cm³/mol. The van der Waals surface area contributed by atoms with Crippen LogP contribution in [0.3, 0.4) is 0 Å². The number of nitrogens with one attached hydrogen (secondary N) is 1. The number of nitro benzene ring substituents is 1. The van der Waals surface area contributed by atoms with Crippen molar-refractivity contribution in [3.05, 3.63) is 39.9 Å². The van der Waals surface area contributed by atoms with Gasteiger partial charge in [0.2, 0.25) is 5.91 Å². The second-order valence-corrected chi connectivity index (χ2v) is 6.59. The summed E-state index contributed by atoms with van der Waals surface area (Å²) in [5, 5.41) is 17.1. The maximum atomic E-state index is 12.1. The molecule has 0 aromatic heterocycles. The monoisotopic (exact) mass is 315 g/mol. The summed E-state index contributed by atoms with van der Waals surface area (Å²) in [6.45, 7) is 3.76. The number of hydrogen-bond acceptors (Lipinski definition) is 4. The quantitative estimate of drug-likeness (QED) is 0.638. The Balaban J connectivity index is 1.73. The fraction of sp³-hybridized carbons (Fsp3) is 0.500. The summed E-state index contributed by atoms with van der Waals surface area (Å²) in [4.78, 5) is 24.0. The van der Waals surface area contributed by atoms with Gasteiger partial charge in [0.1, 0.15) is 11.8 Å². The Hall–Kier alpha value is -2.28. The van der Waals surface area contributed by atoms with E-state index >= 15 is 0 Å². The molecule has 0 radical (unpaired) electrons. The maximum Gasteiger partial charge on any atom is 0.269 e. The number of hydrazone groups is 1. The zero-order valence-corrected chi connectivity index (χ0v) is 12.9. The Kier molecular flexibility index (Phi) is 3.19. The van der Waals surface area contributed by atoms with Crippen molar-refractivity contribution in [3.63, 3.8) is 0 Å². The molecular formula is C16H19N4O3+. The van der Waals surface area contributed by atoms with E-state index in [0.29, 0.717) is 5.92 Å². The molecule has 1 amide bonds. The molecule has 7 nitrogen and oxygen atoms in total. The summed E-state index contributed by atoms with van der Waals surface area (Å²) in [7, 11) is 0. The number of hydrogen-bond donors (Lipinski definition) is 1. The van der Waals surface area contributed by atoms with Crippen LogP contribution in [0.25, 0.3) is 0 Å². The summed E-state index contributed by atoms with van der Waals surface area (Å²) in [6, 6.07) is 6.61. The van der Waals surface area contributed by atoms with Gasteiger partial charge in [0, 0.05) is 37.8 Å². The van der Waals surface area contributed by atoms with E-state index in [2.05, 4.69) is 5.10 Å². The number of amides is 1. The van der Waals surface area contributed by atoms with Crippen molar-refractivity contribution in [2.24, 2.45) is 11.0 Å². The third-order valence-corrected chi connectivity index (χ3v) is 5.38. The minimum absolute atomic E-state index is 0.0695. The van der Waals surface area contributed by atoms with E-state index in [1.54, 1.807) is 17.1 Å². The van der Waals surface area contributed by atoms with Crippen LogP contribution < -0.4 is 4.90 Å². The molecule has 4 aliphatic heterocycles. The minimum Gasteiger partial charge on any atom is -0.326 e. The number of non-ortho nitro benzene ring substituents is 1. The lowest BCUT2D eigenvalue weighted by molar-refractivity contribution is -0.927. The van der Waals surface area contributed by atoms with Crippen LogP contribution in [0.5, 0.6) is 0 Å². The number of piperidine rings is 3. The Bertz CT molecular complexity index is 692. The number of carbonyl (C=O) groups excluding carboxylic acids is 1. The lowest BCUT2D eigenvalue weighted by atomic mass is 9.78. The van der Waals surface area contributed by atoms with E-state index in [0.717, 1.165) is 37.2 Å². The smallest absolute Gasteiger partial charge is 0.269 e. The number of benzene rings is 1. The van der Waals surface area contributed by atoms with Crippen LogP contribution in [-0.4, -0.2) is 40.7 Å². The highest BCUT2D eigenvalue weighted by Crippen LogP contribution is 2.36. The van der Waals surface area contributed by atoms with E-state index < -0.39 is 4.92 Å². The molecular weight excluding hydrogens is 296 g/mol. The lowest BCUT2D eigenvalue weighted by Crippen LogP contribution is -3.20.